The Morgan fingerprint density at radius 1 is 1.33 bits per heavy atom. The highest BCUT2D eigenvalue weighted by atomic mass is 32.1. The topological polar surface area (TPSA) is 38.9 Å². The molecule has 2 nitrogen and oxygen atoms in total. The Balaban J connectivity index is 2.27. The summed E-state index contributed by atoms with van der Waals surface area (Å²) in [7, 11) is 0. The highest BCUT2D eigenvalue weighted by Gasteiger charge is 2.42. The van der Waals surface area contributed by atoms with Gasteiger partial charge in [-0.3, -0.25) is 0 Å². The van der Waals surface area contributed by atoms with Crippen LogP contribution >= 0.6 is 11.3 Å². The molecule has 2 rings (SSSR count). The second-order valence-corrected chi connectivity index (χ2v) is 6.70. The Hall–Kier alpha value is -0.410. The zero-order valence-electron chi connectivity index (χ0n) is 10.0. The maximum Gasteiger partial charge on any atom is 0.113 e. The molecule has 1 aliphatic rings. The lowest BCUT2D eigenvalue weighted by molar-refractivity contribution is 0.421. The predicted octanol–water partition coefficient (Wildman–Crippen LogP) is 3.02. The summed E-state index contributed by atoms with van der Waals surface area (Å²) < 4.78 is 0. The number of hydrogen-bond donors (Lipinski definition) is 1. The minimum absolute atomic E-state index is 0.133. The molecule has 1 unspecified atom stereocenters. The van der Waals surface area contributed by atoms with E-state index in [4.69, 9.17) is 10.7 Å². The van der Waals surface area contributed by atoms with Gasteiger partial charge < -0.3 is 5.73 Å². The van der Waals surface area contributed by atoms with Gasteiger partial charge in [-0.15, -0.1) is 11.3 Å². The van der Waals surface area contributed by atoms with Crippen LogP contribution in [0.5, 0.6) is 0 Å². The lowest BCUT2D eigenvalue weighted by Crippen LogP contribution is -2.35. The summed E-state index contributed by atoms with van der Waals surface area (Å²) in [4.78, 5) is 4.71. The van der Waals surface area contributed by atoms with E-state index in [9.17, 15) is 0 Å². The maximum absolute atomic E-state index is 6.35. The number of nitrogens with two attached hydrogens (primary N) is 1. The van der Waals surface area contributed by atoms with Gasteiger partial charge in [0.25, 0.3) is 0 Å². The molecule has 0 bridgehead atoms. The monoisotopic (exact) mass is 224 g/mol. The van der Waals surface area contributed by atoms with Gasteiger partial charge in [0.1, 0.15) is 5.01 Å². The number of rotatable bonds is 2. The number of nitrogens with zero attached hydrogens (tertiary/aromatic N) is 1. The molecule has 1 fully saturated rings. The van der Waals surface area contributed by atoms with Gasteiger partial charge in [0.15, 0.2) is 0 Å². The molecule has 0 aromatic carbocycles. The summed E-state index contributed by atoms with van der Waals surface area (Å²) in [5.41, 5.74) is 7.45. The van der Waals surface area contributed by atoms with Crippen molar-refractivity contribution in [2.24, 2.45) is 11.7 Å². The van der Waals surface area contributed by atoms with E-state index < -0.39 is 0 Å². The number of aromatic nitrogens is 1. The smallest absolute Gasteiger partial charge is 0.113 e. The first-order valence-corrected chi connectivity index (χ1v) is 6.45. The average molecular weight is 224 g/mol. The second kappa shape index (κ2) is 3.29. The van der Waals surface area contributed by atoms with E-state index >= 15 is 0 Å². The second-order valence-electron chi connectivity index (χ2n) is 5.84. The largest absolute Gasteiger partial charge is 0.319 e. The minimum atomic E-state index is -0.200. The molecule has 3 heteroatoms. The summed E-state index contributed by atoms with van der Waals surface area (Å²) in [5, 5.41) is 3.26. The number of hydrogen-bond acceptors (Lipinski definition) is 3. The molecule has 15 heavy (non-hydrogen) atoms. The van der Waals surface area contributed by atoms with Gasteiger partial charge in [0.05, 0.1) is 11.2 Å². The summed E-state index contributed by atoms with van der Waals surface area (Å²) in [6.07, 6.45) is 2.52. The van der Waals surface area contributed by atoms with E-state index in [2.05, 4.69) is 33.1 Å². The minimum Gasteiger partial charge on any atom is -0.319 e. The van der Waals surface area contributed by atoms with Gasteiger partial charge in [-0.1, -0.05) is 20.8 Å². The molecule has 1 aromatic rings. The Labute approximate surface area is 95.9 Å². The molecule has 1 aliphatic carbocycles. The van der Waals surface area contributed by atoms with Crippen molar-refractivity contribution in [3.63, 3.8) is 0 Å². The molecule has 2 N–H and O–H groups in total. The van der Waals surface area contributed by atoms with Crippen molar-refractivity contribution in [1.82, 2.24) is 4.98 Å². The fourth-order valence-electron chi connectivity index (χ4n) is 1.72. The normalized spacial score (nSPS) is 21.4. The summed E-state index contributed by atoms with van der Waals surface area (Å²) in [5.74, 6) is 0.650. The summed E-state index contributed by atoms with van der Waals surface area (Å²) >= 11 is 1.72. The first-order valence-electron chi connectivity index (χ1n) is 5.57. The fourth-order valence-corrected chi connectivity index (χ4v) is 2.92. The first-order chi connectivity index (χ1) is 6.82. The van der Waals surface area contributed by atoms with Crippen LogP contribution in [0.4, 0.5) is 0 Å². The van der Waals surface area contributed by atoms with Gasteiger partial charge in [-0.25, -0.2) is 4.98 Å². The lowest BCUT2D eigenvalue weighted by Gasteiger charge is -2.22. The van der Waals surface area contributed by atoms with Gasteiger partial charge >= 0.3 is 0 Å². The molecular weight excluding hydrogens is 204 g/mol. The van der Waals surface area contributed by atoms with E-state index in [-0.39, 0.29) is 11.0 Å². The third-order valence-electron chi connectivity index (χ3n) is 3.16. The van der Waals surface area contributed by atoms with E-state index in [1.54, 1.807) is 11.3 Å². The molecular formula is C12H20N2S. The highest BCUT2D eigenvalue weighted by Crippen LogP contribution is 2.45. The quantitative estimate of drug-likeness (QED) is 0.838. The molecule has 1 heterocycles. The van der Waals surface area contributed by atoms with Crippen LogP contribution in [0.2, 0.25) is 0 Å². The molecule has 84 valence electrons. The standard InChI is InChI=1S/C12H20N2S/c1-11(2,3)9-7-15-10(14-9)12(4,13)8-5-6-8/h7-8H,5-6,13H2,1-4H3. The van der Waals surface area contributed by atoms with Crippen LogP contribution < -0.4 is 5.73 Å². The molecule has 1 atom stereocenters. The van der Waals surface area contributed by atoms with E-state index in [0.29, 0.717) is 5.92 Å². The van der Waals surface area contributed by atoms with Gasteiger partial charge in [0.2, 0.25) is 0 Å². The highest BCUT2D eigenvalue weighted by molar-refractivity contribution is 7.09. The maximum atomic E-state index is 6.35. The van der Waals surface area contributed by atoms with Crippen molar-refractivity contribution in [1.29, 1.82) is 0 Å². The third-order valence-corrected chi connectivity index (χ3v) is 4.25. The van der Waals surface area contributed by atoms with Crippen molar-refractivity contribution >= 4 is 11.3 Å². The number of thiazole rings is 1. The summed E-state index contributed by atoms with van der Waals surface area (Å²) in [6, 6.07) is 0. The van der Waals surface area contributed by atoms with E-state index in [1.807, 2.05) is 0 Å². The zero-order chi connectivity index (χ0) is 11.3. The molecule has 1 saturated carbocycles. The Kier molecular flexibility index (Phi) is 2.43. The zero-order valence-corrected chi connectivity index (χ0v) is 10.8. The summed E-state index contributed by atoms with van der Waals surface area (Å²) in [6.45, 7) is 8.69. The van der Waals surface area contributed by atoms with Crippen molar-refractivity contribution < 1.29 is 0 Å². The molecule has 0 spiro atoms. The van der Waals surface area contributed by atoms with E-state index in [0.717, 1.165) is 5.01 Å². The molecule has 0 amide bonds. The van der Waals surface area contributed by atoms with Crippen molar-refractivity contribution in [2.45, 2.75) is 51.5 Å². The lowest BCUT2D eigenvalue weighted by atomic mass is 9.93. The van der Waals surface area contributed by atoms with Crippen LogP contribution in [0.15, 0.2) is 5.38 Å². The van der Waals surface area contributed by atoms with Crippen LogP contribution in [-0.2, 0) is 11.0 Å². The Morgan fingerprint density at radius 3 is 2.33 bits per heavy atom. The third kappa shape index (κ3) is 2.08. The van der Waals surface area contributed by atoms with Crippen molar-refractivity contribution in [3.8, 4) is 0 Å². The molecule has 1 aromatic heterocycles. The van der Waals surface area contributed by atoms with E-state index in [1.165, 1.54) is 18.5 Å². The molecule has 0 radical (unpaired) electrons. The van der Waals surface area contributed by atoms with Crippen LogP contribution in [0, 0.1) is 5.92 Å². The van der Waals surface area contributed by atoms with Crippen LogP contribution in [0.3, 0.4) is 0 Å². The average Bonchev–Trinajstić information content (AvgIpc) is 2.80. The van der Waals surface area contributed by atoms with Crippen molar-refractivity contribution in [3.05, 3.63) is 16.1 Å². The molecule has 0 saturated heterocycles. The van der Waals surface area contributed by atoms with Gasteiger partial charge in [-0.05, 0) is 25.7 Å². The fraction of sp³-hybridized carbons (Fsp3) is 0.750. The Morgan fingerprint density at radius 2 is 1.93 bits per heavy atom. The van der Waals surface area contributed by atoms with Crippen LogP contribution in [0.25, 0.3) is 0 Å². The van der Waals surface area contributed by atoms with Gasteiger partial charge in [0, 0.05) is 10.8 Å². The SMILES string of the molecule is CC(C)(C)c1csc(C(C)(N)C2CC2)n1. The first kappa shape index (κ1) is 11.1. The predicted molar refractivity (Wildman–Crippen MR) is 65.1 cm³/mol. The van der Waals surface area contributed by atoms with Crippen LogP contribution in [-0.4, -0.2) is 4.98 Å². The van der Waals surface area contributed by atoms with Crippen LogP contribution in [0.1, 0.15) is 51.2 Å². The van der Waals surface area contributed by atoms with Crippen molar-refractivity contribution in [2.75, 3.05) is 0 Å². The van der Waals surface area contributed by atoms with Gasteiger partial charge in [-0.2, -0.15) is 0 Å². The Bertz CT molecular complexity index is 356. The molecule has 0 aliphatic heterocycles.